The van der Waals surface area contributed by atoms with Crippen molar-refractivity contribution in [2.75, 3.05) is 33.3 Å². The summed E-state index contributed by atoms with van der Waals surface area (Å²) in [7, 11) is 1.63. The van der Waals surface area contributed by atoms with Crippen molar-refractivity contribution in [2.45, 2.75) is 44.7 Å². The number of likely N-dealkylation sites (tertiary alicyclic amines) is 2. The van der Waals surface area contributed by atoms with Gasteiger partial charge in [-0.15, -0.1) is 0 Å². The minimum absolute atomic E-state index is 0.0000343. The number of aromatic nitrogens is 1. The van der Waals surface area contributed by atoms with Crippen LogP contribution in [0.4, 0.5) is 0 Å². The molecule has 1 spiro atoms. The number of hydrogen-bond donors (Lipinski definition) is 1. The first-order valence-electron chi connectivity index (χ1n) is 13.9. The Kier molecular flexibility index (Phi) is 8.57. The van der Waals surface area contributed by atoms with Crippen LogP contribution in [0.3, 0.4) is 0 Å². The number of carbonyl (C=O) groups is 2. The largest absolute Gasteiger partial charge is 0.497 e. The van der Waals surface area contributed by atoms with Gasteiger partial charge in [-0.05, 0) is 73.7 Å². The number of pyridine rings is 1. The van der Waals surface area contributed by atoms with Gasteiger partial charge >= 0.3 is 0 Å². The highest BCUT2D eigenvalue weighted by molar-refractivity contribution is 5.85. The lowest BCUT2D eigenvalue weighted by Crippen LogP contribution is -2.45. The molecule has 204 valence electrons. The molecule has 1 unspecified atom stereocenters. The van der Waals surface area contributed by atoms with Gasteiger partial charge in [0.05, 0.1) is 25.0 Å². The number of rotatable bonds is 10. The van der Waals surface area contributed by atoms with Crippen molar-refractivity contribution in [2.24, 2.45) is 5.41 Å². The average molecular weight is 527 g/mol. The molecule has 2 aromatic carbocycles. The molecule has 2 amide bonds. The summed E-state index contributed by atoms with van der Waals surface area (Å²) in [4.78, 5) is 35.0. The second-order valence-electron chi connectivity index (χ2n) is 10.8. The third-order valence-electron chi connectivity index (χ3n) is 8.28. The molecule has 0 radical (unpaired) electrons. The van der Waals surface area contributed by atoms with Gasteiger partial charge in [0.15, 0.2) is 0 Å². The summed E-state index contributed by atoms with van der Waals surface area (Å²) < 4.78 is 5.30. The lowest BCUT2D eigenvalue weighted by Gasteiger charge is -2.38. The Morgan fingerprint density at radius 2 is 1.77 bits per heavy atom. The smallest absolute Gasteiger partial charge is 0.229 e. The summed E-state index contributed by atoms with van der Waals surface area (Å²) in [6, 6.07) is 21.7. The molecule has 5 rings (SSSR count). The molecule has 2 aliphatic heterocycles. The summed E-state index contributed by atoms with van der Waals surface area (Å²) in [5, 5.41) is 3.27. The van der Waals surface area contributed by atoms with Gasteiger partial charge in [0.25, 0.3) is 0 Å². The van der Waals surface area contributed by atoms with E-state index in [0.717, 1.165) is 74.3 Å². The number of nitrogens with one attached hydrogen (secondary N) is 1. The highest BCUT2D eigenvalue weighted by Gasteiger charge is 2.47. The predicted molar refractivity (Wildman–Crippen MR) is 151 cm³/mol. The van der Waals surface area contributed by atoms with Crippen molar-refractivity contribution in [3.05, 3.63) is 95.8 Å². The fraction of sp³-hybridized carbons (Fsp3) is 0.406. The van der Waals surface area contributed by atoms with Gasteiger partial charge < -0.3 is 19.9 Å². The van der Waals surface area contributed by atoms with Gasteiger partial charge in [-0.2, -0.15) is 0 Å². The van der Waals surface area contributed by atoms with Crippen LogP contribution in [-0.2, 0) is 22.6 Å². The predicted octanol–water partition coefficient (Wildman–Crippen LogP) is 4.40. The van der Waals surface area contributed by atoms with Crippen LogP contribution in [0.2, 0.25) is 0 Å². The SMILES string of the molecule is COc1cccc(CC(=O)NC(CCN2CCC3(CC2)CCN(Cc2cccnc2)C3=O)c2ccccc2)c1. The monoisotopic (exact) mass is 526 g/mol. The molecule has 2 saturated heterocycles. The van der Waals surface area contributed by atoms with Crippen LogP contribution in [0, 0.1) is 5.41 Å². The van der Waals surface area contributed by atoms with E-state index < -0.39 is 0 Å². The zero-order chi connectivity index (χ0) is 27.1. The molecule has 0 aliphatic carbocycles. The molecule has 3 aromatic rings. The van der Waals surface area contributed by atoms with Gasteiger partial charge in [-0.25, -0.2) is 0 Å². The van der Waals surface area contributed by atoms with E-state index >= 15 is 0 Å². The van der Waals surface area contributed by atoms with E-state index in [9.17, 15) is 9.59 Å². The topological polar surface area (TPSA) is 74.8 Å². The van der Waals surface area contributed by atoms with Crippen molar-refractivity contribution in [1.29, 1.82) is 0 Å². The van der Waals surface area contributed by atoms with Gasteiger partial charge in [-0.1, -0.05) is 48.5 Å². The van der Waals surface area contributed by atoms with Crippen LogP contribution in [0.1, 0.15) is 48.4 Å². The standard InChI is InChI=1S/C32H38N4O3/c1-39-28-11-5-7-25(21-28)22-30(37)34-29(27-9-3-2-4-10-27)12-17-35-18-13-32(14-19-35)15-20-36(31(32)38)24-26-8-6-16-33-23-26/h2-11,16,21,23,29H,12-15,17-20,22,24H2,1H3,(H,34,37). The summed E-state index contributed by atoms with van der Waals surface area (Å²) in [5.74, 6) is 1.06. The molecule has 7 heteroatoms. The molecule has 0 saturated carbocycles. The van der Waals surface area contributed by atoms with E-state index in [1.807, 2.05) is 65.7 Å². The van der Waals surface area contributed by atoms with Crippen LogP contribution >= 0.6 is 0 Å². The molecule has 1 aromatic heterocycles. The van der Waals surface area contributed by atoms with Crippen LogP contribution in [0.25, 0.3) is 0 Å². The first kappa shape index (κ1) is 26.9. The Balaban J connectivity index is 1.15. The maximum atomic E-state index is 13.4. The number of methoxy groups -OCH3 is 1. The Bertz CT molecular complexity index is 1240. The number of nitrogens with zero attached hydrogens (tertiary/aromatic N) is 3. The van der Waals surface area contributed by atoms with Crippen molar-refractivity contribution >= 4 is 11.8 Å². The first-order chi connectivity index (χ1) is 19.0. The number of hydrogen-bond acceptors (Lipinski definition) is 5. The number of amides is 2. The molecule has 1 N–H and O–H groups in total. The summed E-state index contributed by atoms with van der Waals surface area (Å²) in [5.41, 5.74) is 2.91. The molecule has 0 bridgehead atoms. The summed E-state index contributed by atoms with van der Waals surface area (Å²) in [6.45, 7) is 4.16. The van der Waals surface area contributed by atoms with Gasteiger partial charge in [0.1, 0.15) is 5.75 Å². The van der Waals surface area contributed by atoms with Crippen LogP contribution in [0.15, 0.2) is 79.1 Å². The van der Waals surface area contributed by atoms with Gasteiger partial charge in [0, 0.05) is 32.0 Å². The Morgan fingerprint density at radius 1 is 1.00 bits per heavy atom. The van der Waals surface area contributed by atoms with Gasteiger partial charge in [-0.3, -0.25) is 14.6 Å². The molecule has 1 atom stereocenters. The lowest BCUT2D eigenvalue weighted by atomic mass is 9.77. The van der Waals surface area contributed by atoms with E-state index in [0.29, 0.717) is 18.9 Å². The van der Waals surface area contributed by atoms with E-state index in [1.54, 1.807) is 13.3 Å². The second-order valence-corrected chi connectivity index (χ2v) is 10.8. The van der Waals surface area contributed by atoms with Crippen LogP contribution < -0.4 is 10.1 Å². The number of carbonyl (C=O) groups excluding carboxylic acids is 2. The summed E-state index contributed by atoms with van der Waals surface area (Å²) >= 11 is 0. The fourth-order valence-electron chi connectivity index (χ4n) is 5.96. The quantitative estimate of drug-likeness (QED) is 0.424. The summed E-state index contributed by atoms with van der Waals surface area (Å²) in [6.07, 6.45) is 7.47. The number of piperidine rings is 1. The molecule has 3 heterocycles. The Morgan fingerprint density at radius 3 is 2.51 bits per heavy atom. The molecule has 39 heavy (non-hydrogen) atoms. The number of benzene rings is 2. The zero-order valence-electron chi connectivity index (χ0n) is 22.7. The van der Waals surface area contributed by atoms with Gasteiger partial charge in [0.2, 0.25) is 11.8 Å². The average Bonchev–Trinajstić information content (AvgIpc) is 3.27. The molecular formula is C32H38N4O3. The Hall–Kier alpha value is -3.71. The molecule has 7 nitrogen and oxygen atoms in total. The van der Waals surface area contributed by atoms with Crippen molar-refractivity contribution in [1.82, 2.24) is 20.1 Å². The van der Waals surface area contributed by atoms with Crippen LogP contribution in [0.5, 0.6) is 5.75 Å². The van der Waals surface area contributed by atoms with E-state index in [1.165, 1.54) is 0 Å². The molecular weight excluding hydrogens is 488 g/mol. The normalized spacial score (nSPS) is 17.8. The minimum Gasteiger partial charge on any atom is -0.497 e. The third kappa shape index (κ3) is 6.66. The maximum Gasteiger partial charge on any atom is 0.229 e. The zero-order valence-corrected chi connectivity index (χ0v) is 22.7. The Labute approximate surface area is 231 Å². The minimum atomic E-state index is -0.220. The van der Waals surface area contributed by atoms with Crippen molar-refractivity contribution in [3.8, 4) is 5.75 Å². The highest BCUT2D eigenvalue weighted by Crippen LogP contribution is 2.42. The van der Waals surface area contributed by atoms with E-state index in [4.69, 9.17) is 4.74 Å². The van der Waals surface area contributed by atoms with E-state index in [2.05, 4.69) is 27.3 Å². The lowest BCUT2D eigenvalue weighted by molar-refractivity contribution is -0.139. The van der Waals surface area contributed by atoms with Crippen LogP contribution in [-0.4, -0.2) is 59.9 Å². The highest BCUT2D eigenvalue weighted by atomic mass is 16.5. The molecule has 2 aliphatic rings. The molecule has 2 fully saturated rings. The van der Waals surface area contributed by atoms with E-state index in [-0.39, 0.29) is 17.4 Å². The number of ether oxygens (including phenoxy) is 1. The fourth-order valence-corrected chi connectivity index (χ4v) is 5.96. The van der Waals surface area contributed by atoms with Crippen molar-refractivity contribution in [3.63, 3.8) is 0 Å². The second kappa shape index (κ2) is 12.4. The maximum absolute atomic E-state index is 13.4. The van der Waals surface area contributed by atoms with Crippen molar-refractivity contribution < 1.29 is 14.3 Å². The first-order valence-corrected chi connectivity index (χ1v) is 13.9. The third-order valence-corrected chi connectivity index (χ3v) is 8.28.